The summed E-state index contributed by atoms with van der Waals surface area (Å²) < 4.78 is 31.6. The molecule has 3 rings (SSSR count). The summed E-state index contributed by atoms with van der Waals surface area (Å²) in [4.78, 5) is 14.8. The smallest absolute Gasteiger partial charge is 0.307 e. The molecule has 0 unspecified atom stereocenters. The van der Waals surface area contributed by atoms with E-state index in [2.05, 4.69) is 26.1 Å². The van der Waals surface area contributed by atoms with Gasteiger partial charge in [0.25, 0.3) is 0 Å². The predicted molar refractivity (Wildman–Crippen MR) is 128 cm³/mol. The number of aromatic nitrogens is 2. The van der Waals surface area contributed by atoms with Crippen LogP contribution in [0.4, 0.5) is 16.2 Å². The van der Waals surface area contributed by atoms with Crippen LogP contribution in [0.3, 0.4) is 0 Å². The Bertz CT molecular complexity index is 996. The Balaban J connectivity index is 0.00000363. The quantitative estimate of drug-likeness (QED) is 0.603. The SMILES string of the molecule is CCc1cc(CC)cc(NC(=O)NS(=O)(=O)N(c2cnn(C)c2)C2CCN(C)CC2)c1.[Na]. The van der Waals surface area contributed by atoms with Crippen LogP contribution in [0.1, 0.15) is 37.8 Å². The second kappa shape index (κ2) is 11.5. The second-order valence-electron chi connectivity index (χ2n) is 8.01. The number of urea groups is 1. The fourth-order valence-corrected chi connectivity index (χ4v) is 5.22. The van der Waals surface area contributed by atoms with Gasteiger partial charge in [-0.05, 0) is 69.1 Å². The number of carbonyl (C=O) groups is 1. The summed E-state index contributed by atoms with van der Waals surface area (Å²) in [6.07, 6.45) is 6.15. The van der Waals surface area contributed by atoms with E-state index in [1.54, 1.807) is 17.9 Å². The van der Waals surface area contributed by atoms with Crippen molar-refractivity contribution < 1.29 is 13.2 Å². The zero-order valence-corrected chi connectivity index (χ0v) is 22.4. The third-order valence-corrected chi connectivity index (χ3v) is 7.04. The Hall–Kier alpha value is -1.59. The van der Waals surface area contributed by atoms with Gasteiger partial charge in [0.1, 0.15) is 0 Å². The van der Waals surface area contributed by atoms with Gasteiger partial charge in [-0.15, -0.1) is 0 Å². The number of likely N-dealkylation sites (tertiary alicyclic amines) is 1. The van der Waals surface area contributed by atoms with Crippen molar-refractivity contribution in [2.75, 3.05) is 29.8 Å². The van der Waals surface area contributed by atoms with Crippen molar-refractivity contribution in [3.05, 3.63) is 41.7 Å². The van der Waals surface area contributed by atoms with Crippen LogP contribution >= 0.6 is 0 Å². The zero-order chi connectivity index (χ0) is 22.6. The molecule has 0 spiro atoms. The standard InChI is InChI=1S/C21H32N6O3S.Na/c1-5-16-11-17(6-2)13-18(12-16)23-21(28)24-31(29,30)27(20-14-22-26(4)15-20)19-7-9-25(3)10-8-19;/h11-15,19H,5-10H2,1-4H3,(H2,23,24,28);. The van der Waals surface area contributed by atoms with E-state index in [1.165, 1.54) is 10.5 Å². The third kappa shape index (κ3) is 6.71. The molecule has 0 atom stereocenters. The monoisotopic (exact) mass is 471 g/mol. The first-order valence-electron chi connectivity index (χ1n) is 10.6. The first kappa shape index (κ1) is 26.7. The van der Waals surface area contributed by atoms with Crippen molar-refractivity contribution >= 4 is 57.2 Å². The summed E-state index contributed by atoms with van der Waals surface area (Å²) in [5, 5.41) is 6.80. The molecule has 1 aromatic heterocycles. The molecule has 0 aliphatic carbocycles. The number of benzene rings is 1. The van der Waals surface area contributed by atoms with Gasteiger partial charge >= 0.3 is 16.2 Å². The maximum absolute atomic E-state index is 13.3. The van der Waals surface area contributed by atoms with Gasteiger partial charge in [-0.3, -0.25) is 4.68 Å². The van der Waals surface area contributed by atoms with Crippen molar-refractivity contribution in [1.29, 1.82) is 0 Å². The summed E-state index contributed by atoms with van der Waals surface area (Å²) in [7, 11) is -0.385. The average Bonchev–Trinajstić information content (AvgIpc) is 3.14. The first-order valence-corrected chi connectivity index (χ1v) is 12.1. The number of piperidine rings is 1. The van der Waals surface area contributed by atoms with Crippen LogP contribution in [0, 0.1) is 0 Å². The molecule has 1 saturated heterocycles. The Labute approximate surface area is 213 Å². The first-order chi connectivity index (χ1) is 14.7. The summed E-state index contributed by atoms with van der Waals surface area (Å²) in [6, 6.07) is 4.78. The fraction of sp³-hybridized carbons (Fsp3) is 0.524. The minimum absolute atomic E-state index is 0. The molecule has 9 nitrogen and oxygen atoms in total. The van der Waals surface area contributed by atoms with E-state index in [0.29, 0.717) is 24.2 Å². The molecular formula is C21H32N6NaO3S. The topological polar surface area (TPSA) is 99.6 Å². The Morgan fingerprint density at radius 3 is 2.22 bits per heavy atom. The molecule has 1 aliphatic heterocycles. The van der Waals surface area contributed by atoms with E-state index in [0.717, 1.165) is 37.1 Å². The number of anilines is 2. The van der Waals surface area contributed by atoms with Crippen LogP contribution in [0.15, 0.2) is 30.6 Å². The molecule has 2 amide bonds. The van der Waals surface area contributed by atoms with E-state index in [-0.39, 0.29) is 35.6 Å². The normalized spacial score (nSPS) is 15.1. The molecular weight excluding hydrogens is 439 g/mol. The van der Waals surface area contributed by atoms with E-state index in [1.807, 2.05) is 33.0 Å². The number of hydrogen-bond acceptors (Lipinski definition) is 5. The number of nitrogens with one attached hydrogen (secondary N) is 2. The maximum Gasteiger partial charge on any atom is 0.334 e. The van der Waals surface area contributed by atoms with Gasteiger partial charge in [0, 0.05) is 54.5 Å². The largest absolute Gasteiger partial charge is 0.334 e. The van der Waals surface area contributed by atoms with Gasteiger partial charge in [-0.1, -0.05) is 19.9 Å². The van der Waals surface area contributed by atoms with Crippen molar-refractivity contribution in [3.8, 4) is 0 Å². The summed E-state index contributed by atoms with van der Waals surface area (Å²) in [5.74, 6) is 0. The molecule has 171 valence electrons. The number of hydrogen-bond donors (Lipinski definition) is 2. The Morgan fingerprint density at radius 2 is 1.72 bits per heavy atom. The molecule has 1 aromatic carbocycles. The Kier molecular flexibility index (Phi) is 9.59. The minimum atomic E-state index is -4.13. The van der Waals surface area contributed by atoms with Crippen LogP contribution in [0.5, 0.6) is 0 Å². The molecule has 11 heteroatoms. The molecule has 2 N–H and O–H groups in total. The Morgan fingerprint density at radius 1 is 1.12 bits per heavy atom. The van der Waals surface area contributed by atoms with Crippen LogP contribution < -0.4 is 14.3 Å². The number of rotatable bonds is 7. The minimum Gasteiger partial charge on any atom is -0.307 e. The van der Waals surface area contributed by atoms with Crippen LogP contribution in [-0.4, -0.2) is 84.9 Å². The van der Waals surface area contributed by atoms with Crippen LogP contribution in [0.2, 0.25) is 0 Å². The summed E-state index contributed by atoms with van der Waals surface area (Å²) >= 11 is 0. The van der Waals surface area contributed by atoms with Crippen LogP contribution in [-0.2, 0) is 30.1 Å². The van der Waals surface area contributed by atoms with Gasteiger partial charge in [0.05, 0.1) is 11.9 Å². The molecule has 0 bridgehead atoms. The fourth-order valence-electron chi connectivity index (χ4n) is 3.86. The van der Waals surface area contributed by atoms with Gasteiger partial charge < -0.3 is 10.2 Å². The predicted octanol–water partition coefficient (Wildman–Crippen LogP) is 2.13. The molecule has 1 fully saturated rings. The van der Waals surface area contributed by atoms with Gasteiger partial charge in [-0.2, -0.15) is 13.5 Å². The molecule has 0 saturated carbocycles. The van der Waals surface area contributed by atoms with E-state index in [4.69, 9.17) is 0 Å². The van der Waals surface area contributed by atoms with Crippen molar-refractivity contribution in [2.24, 2.45) is 7.05 Å². The van der Waals surface area contributed by atoms with E-state index < -0.39 is 16.2 Å². The zero-order valence-electron chi connectivity index (χ0n) is 19.6. The summed E-state index contributed by atoms with van der Waals surface area (Å²) in [5.41, 5.74) is 3.19. The van der Waals surface area contributed by atoms with Crippen LogP contribution in [0.25, 0.3) is 0 Å². The number of aryl methyl sites for hydroxylation is 3. The molecule has 2 heterocycles. The molecule has 2 aromatic rings. The van der Waals surface area contributed by atoms with Crippen molar-refractivity contribution in [3.63, 3.8) is 0 Å². The second-order valence-corrected chi connectivity index (χ2v) is 9.56. The average molecular weight is 472 g/mol. The molecule has 32 heavy (non-hydrogen) atoms. The number of nitrogens with zero attached hydrogens (tertiary/aromatic N) is 4. The molecule has 1 radical (unpaired) electrons. The van der Waals surface area contributed by atoms with Gasteiger partial charge in [0.15, 0.2) is 0 Å². The number of amides is 2. The van der Waals surface area contributed by atoms with Crippen molar-refractivity contribution in [1.82, 2.24) is 19.4 Å². The maximum atomic E-state index is 13.3. The summed E-state index contributed by atoms with van der Waals surface area (Å²) in [6.45, 7) is 5.65. The van der Waals surface area contributed by atoms with Gasteiger partial charge in [-0.25, -0.2) is 13.8 Å². The van der Waals surface area contributed by atoms with E-state index in [9.17, 15) is 13.2 Å². The van der Waals surface area contributed by atoms with Crippen molar-refractivity contribution in [2.45, 2.75) is 45.6 Å². The van der Waals surface area contributed by atoms with E-state index >= 15 is 0 Å². The van der Waals surface area contributed by atoms with Gasteiger partial charge in [0.2, 0.25) is 0 Å². The molecule has 1 aliphatic rings. The number of carbonyl (C=O) groups excluding carboxylic acids is 1. The third-order valence-electron chi connectivity index (χ3n) is 5.57.